The molecule has 0 unspecified atom stereocenters. The molecule has 3 aromatic heterocycles. The maximum atomic E-state index is 12.4. The van der Waals surface area contributed by atoms with Crippen LogP contribution in [0.2, 0.25) is 0 Å². The van der Waals surface area contributed by atoms with E-state index in [2.05, 4.69) is 25.5 Å². The molecule has 3 heterocycles. The zero-order chi connectivity index (χ0) is 16.4. The van der Waals surface area contributed by atoms with Crippen molar-refractivity contribution in [3.63, 3.8) is 0 Å². The fourth-order valence-corrected chi connectivity index (χ4v) is 2.45. The van der Waals surface area contributed by atoms with Crippen molar-refractivity contribution in [2.24, 2.45) is 0 Å². The number of hydrogen-bond acceptors (Lipinski definition) is 4. The number of carbonyl (C=O) groups is 1. The summed E-state index contributed by atoms with van der Waals surface area (Å²) in [5.41, 5.74) is 3.10. The largest absolute Gasteiger partial charge is 0.305 e. The van der Waals surface area contributed by atoms with Crippen LogP contribution in [0.5, 0.6) is 0 Å². The van der Waals surface area contributed by atoms with Gasteiger partial charge in [-0.1, -0.05) is 18.2 Å². The molecule has 0 fully saturated rings. The highest BCUT2D eigenvalue weighted by Gasteiger charge is 2.10. The number of anilines is 1. The molecule has 4 rings (SSSR count). The van der Waals surface area contributed by atoms with Crippen molar-refractivity contribution in [3.05, 3.63) is 72.7 Å². The molecule has 4 aromatic rings. The zero-order valence-electron chi connectivity index (χ0n) is 12.6. The average Bonchev–Trinajstić information content (AvgIpc) is 3.10. The Morgan fingerprint density at radius 1 is 1.04 bits per heavy atom. The standard InChI is InChI=1S/C18H13N5O/c24-18(14-9-13-3-1-2-4-15(13)20-11-14)21-17-10-16(22-23-17)12-5-7-19-8-6-12/h1-11H,(H2,21,22,23,24). The summed E-state index contributed by atoms with van der Waals surface area (Å²) in [5, 5.41) is 10.7. The van der Waals surface area contributed by atoms with Crippen LogP contribution < -0.4 is 5.32 Å². The van der Waals surface area contributed by atoms with Crippen molar-refractivity contribution < 1.29 is 4.79 Å². The van der Waals surface area contributed by atoms with Crippen molar-refractivity contribution >= 4 is 22.6 Å². The van der Waals surface area contributed by atoms with Gasteiger partial charge in [0.25, 0.3) is 5.91 Å². The van der Waals surface area contributed by atoms with Crippen molar-refractivity contribution in [2.75, 3.05) is 5.32 Å². The molecule has 0 aliphatic carbocycles. The van der Waals surface area contributed by atoms with Gasteiger partial charge in [0, 0.05) is 35.6 Å². The molecule has 0 bridgehead atoms. The molecule has 24 heavy (non-hydrogen) atoms. The summed E-state index contributed by atoms with van der Waals surface area (Å²) in [6.45, 7) is 0. The topological polar surface area (TPSA) is 83.6 Å². The monoisotopic (exact) mass is 315 g/mol. The van der Waals surface area contributed by atoms with E-state index in [1.807, 2.05) is 42.5 Å². The minimum Gasteiger partial charge on any atom is -0.305 e. The van der Waals surface area contributed by atoms with Gasteiger partial charge in [-0.05, 0) is 24.3 Å². The third-order valence-electron chi connectivity index (χ3n) is 3.66. The zero-order valence-corrected chi connectivity index (χ0v) is 12.6. The first kappa shape index (κ1) is 14.1. The highest BCUT2D eigenvalue weighted by Crippen LogP contribution is 2.19. The van der Waals surface area contributed by atoms with E-state index < -0.39 is 0 Å². The van der Waals surface area contributed by atoms with E-state index in [4.69, 9.17) is 0 Å². The lowest BCUT2D eigenvalue weighted by Gasteiger charge is -2.03. The van der Waals surface area contributed by atoms with Crippen LogP contribution in [0.3, 0.4) is 0 Å². The molecule has 6 nitrogen and oxygen atoms in total. The van der Waals surface area contributed by atoms with E-state index in [-0.39, 0.29) is 5.91 Å². The van der Waals surface area contributed by atoms with Gasteiger partial charge < -0.3 is 5.32 Å². The van der Waals surface area contributed by atoms with Crippen LogP contribution in [-0.4, -0.2) is 26.1 Å². The van der Waals surface area contributed by atoms with Crippen molar-refractivity contribution in [1.29, 1.82) is 0 Å². The number of carbonyl (C=O) groups excluding carboxylic acids is 1. The van der Waals surface area contributed by atoms with E-state index in [1.165, 1.54) is 0 Å². The van der Waals surface area contributed by atoms with E-state index in [0.29, 0.717) is 11.4 Å². The molecule has 0 aliphatic rings. The molecule has 0 saturated carbocycles. The molecule has 1 amide bonds. The maximum Gasteiger partial charge on any atom is 0.258 e. The molecule has 6 heteroatoms. The smallest absolute Gasteiger partial charge is 0.258 e. The summed E-state index contributed by atoms with van der Waals surface area (Å²) in [5.74, 6) is 0.209. The Labute approximate surface area is 137 Å². The number of benzene rings is 1. The molecule has 1 aromatic carbocycles. The SMILES string of the molecule is O=C(Nc1cc(-c2ccncc2)[nH]n1)c1cnc2ccccc2c1. The van der Waals surface area contributed by atoms with Gasteiger partial charge in [0.05, 0.1) is 16.8 Å². The lowest BCUT2D eigenvalue weighted by molar-refractivity contribution is 0.102. The summed E-state index contributed by atoms with van der Waals surface area (Å²) in [6.07, 6.45) is 4.97. The van der Waals surface area contributed by atoms with Crippen LogP contribution >= 0.6 is 0 Å². The molecule has 116 valence electrons. The molecular formula is C18H13N5O. The number of aromatic nitrogens is 4. The summed E-state index contributed by atoms with van der Waals surface area (Å²) < 4.78 is 0. The highest BCUT2D eigenvalue weighted by atomic mass is 16.1. The molecule has 0 saturated heterocycles. The Morgan fingerprint density at radius 3 is 2.75 bits per heavy atom. The van der Waals surface area contributed by atoms with Crippen LogP contribution in [0.25, 0.3) is 22.2 Å². The number of nitrogens with one attached hydrogen (secondary N) is 2. The van der Waals surface area contributed by atoms with Crippen LogP contribution in [0.4, 0.5) is 5.82 Å². The predicted octanol–water partition coefficient (Wildman–Crippen LogP) is 3.27. The second-order valence-corrected chi connectivity index (χ2v) is 5.27. The number of amides is 1. The third kappa shape index (κ3) is 2.72. The molecule has 0 aliphatic heterocycles. The Hall–Kier alpha value is -3.54. The Kier molecular flexibility index (Phi) is 3.47. The minimum absolute atomic E-state index is 0.249. The molecular weight excluding hydrogens is 302 g/mol. The van der Waals surface area contributed by atoms with Crippen molar-refractivity contribution in [3.8, 4) is 11.3 Å². The number of pyridine rings is 2. The van der Waals surface area contributed by atoms with Gasteiger partial charge in [0.2, 0.25) is 0 Å². The summed E-state index contributed by atoms with van der Waals surface area (Å²) in [4.78, 5) is 20.7. The third-order valence-corrected chi connectivity index (χ3v) is 3.66. The van der Waals surface area contributed by atoms with E-state index in [0.717, 1.165) is 22.2 Å². The molecule has 0 spiro atoms. The van der Waals surface area contributed by atoms with Crippen LogP contribution in [0.15, 0.2) is 67.1 Å². The number of H-pyrrole nitrogens is 1. The fourth-order valence-electron chi connectivity index (χ4n) is 2.45. The average molecular weight is 315 g/mol. The number of nitrogens with zero attached hydrogens (tertiary/aromatic N) is 3. The maximum absolute atomic E-state index is 12.4. The number of fused-ring (bicyclic) bond motifs is 1. The van der Waals surface area contributed by atoms with E-state index in [9.17, 15) is 4.79 Å². The van der Waals surface area contributed by atoms with Crippen LogP contribution in [-0.2, 0) is 0 Å². The van der Waals surface area contributed by atoms with Gasteiger partial charge in [-0.2, -0.15) is 5.10 Å². The van der Waals surface area contributed by atoms with Crippen LogP contribution in [0, 0.1) is 0 Å². The van der Waals surface area contributed by atoms with Crippen LogP contribution in [0.1, 0.15) is 10.4 Å². The molecule has 0 radical (unpaired) electrons. The van der Waals surface area contributed by atoms with E-state index in [1.54, 1.807) is 24.7 Å². The Bertz CT molecular complexity index is 1010. The second-order valence-electron chi connectivity index (χ2n) is 5.27. The van der Waals surface area contributed by atoms with E-state index >= 15 is 0 Å². The lowest BCUT2D eigenvalue weighted by Crippen LogP contribution is -2.12. The first-order valence-electron chi connectivity index (χ1n) is 7.41. The summed E-state index contributed by atoms with van der Waals surface area (Å²) >= 11 is 0. The van der Waals surface area contributed by atoms with Gasteiger partial charge in [0.1, 0.15) is 0 Å². The van der Waals surface area contributed by atoms with Crippen molar-refractivity contribution in [1.82, 2.24) is 20.2 Å². The highest BCUT2D eigenvalue weighted by molar-refractivity contribution is 6.05. The summed E-state index contributed by atoms with van der Waals surface area (Å²) in [6, 6.07) is 15.0. The quantitative estimate of drug-likeness (QED) is 0.608. The lowest BCUT2D eigenvalue weighted by atomic mass is 10.1. The first-order chi connectivity index (χ1) is 11.8. The predicted molar refractivity (Wildman–Crippen MR) is 91.5 cm³/mol. The number of hydrogen-bond donors (Lipinski definition) is 2. The van der Waals surface area contributed by atoms with Crippen molar-refractivity contribution in [2.45, 2.75) is 0 Å². The first-order valence-corrected chi connectivity index (χ1v) is 7.41. The van der Waals surface area contributed by atoms with Gasteiger partial charge in [-0.3, -0.25) is 19.9 Å². The van der Waals surface area contributed by atoms with Gasteiger partial charge in [0.15, 0.2) is 5.82 Å². The second kappa shape index (κ2) is 5.92. The van der Waals surface area contributed by atoms with Gasteiger partial charge in [-0.25, -0.2) is 0 Å². The Balaban J connectivity index is 1.56. The Morgan fingerprint density at radius 2 is 1.88 bits per heavy atom. The van der Waals surface area contributed by atoms with Gasteiger partial charge in [-0.15, -0.1) is 0 Å². The number of aromatic amines is 1. The minimum atomic E-state index is -0.249. The van der Waals surface area contributed by atoms with Gasteiger partial charge >= 0.3 is 0 Å². The number of rotatable bonds is 3. The fraction of sp³-hybridized carbons (Fsp3) is 0. The molecule has 0 atom stereocenters. The summed E-state index contributed by atoms with van der Waals surface area (Å²) in [7, 11) is 0. The normalized spacial score (nSPS) is 10.7. The molecule has 2 N–H and O–H groups in total. The number of para-hydroxylation sites is 1.